The third kappa shape index (κ3) is 5.96. The molecule has 0 saturated heterocycles. The Hall–Kier alpha value is -1.57. The van der Waals surface area contributed by atoms with E-state index in [4.69, 9.17) is 0 Å². The number of hydrogen-bond donors (Lipinski definition) is 2. The van der Waals surface area contributed by atoms with Gasteiger partial charge in [0.15, 0.2) is 0 Å². The number of nitrogens with zero attached hydrogens (tertiary/aromatic N) is 1. The topological polar surface area (TPSA) is 60.8 Å². The average molecular weight is 374 g/mol. The fraction of sp³-hybridized carbons (Fsp3) is 0.696. The van der Waals surface area contributed by atoms with Gasteiger partial charge in [-0.15, -0.1) is 11.8 Å². The molecule has 4 heteroatoms. The smallest absolute Gasteiger partial charge is 0.222 e. The second kappa shape index (κ2) is 10.1. The van der Waals surface area contributed by atoms with Crippen LogP contribution in [0.5, 0.6) is 0 Å². The Bertz CT molecular complexity index is 625. The molecule has 6 atom stereocenters. The third-order valence-electron chi connectivity index (χ3n) is 6.12. The van der Waals surface area contributed by atoms with Crippen LogP contribution in [0.4, 0.5) is 0 Å². The molecule has 1 amide bonds. The zero-order chi connectivity index (χ0) is 20.0. The third-order valence-corrected chi connectivity index (χ3v) is 6.12. The summed E-state index contributed by atoms with van der Waals surface area (Å²) in [6.45, 7) is 3.81. The van der Waals surface area contributed by atoms with Crippen molar-refractivity contribution in [2.45, 2.75) is 64.6 Å². The van der Waals surface area contributed by atoms with E-state index in [0.717, 1.165) is 25.7 Å². The summed E-state index contributed by atoms with van der Waals surface area (Å²) in [4.78, 5) is 13.3. The molecule has 0 aliphatic heterocycles. The number of carbonyl (C=O) groups is 1. The van der Waals surface area contributed by atoms with Gasteiger partial charge in [-0.2, -0.15) is 0 Å². The molecular formula is C23H35NO3. The van der Waals surface area contributed by atoms with E-state index in [1.165, 1.54) is 5.57 Å². The van der Waals surface area contributed by atoms with Crippen LogP contribution in [0.3, 0.4) is 0 Å². The Morgan fingerprint density at radius 3 is 2.78 bits per heavy atom. The molecule has 4 nitrogen and oxygen atoms in total. The van der Waals surface area contributed by atoms with Crippen molar-refractivity contribution in [2.75, 3.05) is 14.1 Å². The minimum absolute atomic E-state index is 0.0938. The zero-order valence-corrected chi connectivity index (χ0v) is 17.2. The maximum atomic E-state index is 11.7. The van der Waals surface area contributed by atoms with Crippen LogP contribution >= 0.6 is 0 Å². The highest BCUT2D eigenvalue weighted by Crippen LogP contribution is 2.50. The maximum Gasteiger partial charge on any atom is 0.222 e. The number of allylic oxidation sites excluding steroid dienone is 2. The highest BCUT2D eigenvalue weighted by atomic mass is 16.3. The molecule has 2 rings (SSSR count). The second-order valence-electron chi connectivity index (χ2n) is 8.39. The van der Waals surface area contributed by atoms with Crippen molar-refractivity contribution in [2.24, 2.45) is 23.7 Å². The van der Waals surface area contributed by atoms with Gasteiger partial charge in [0.25, 0.3) is 0 Å². The van der Waals surface area contributed by atoms with Crippen LogP contribution in [0.1, 0.15) is 52.4 Å². The van der Waals surface area contributed by atoms with Gasteiger partial charge in [-0.05, 0) is 50.4 Å². The zero-order valence-electron chi connectivity index (χ0n) is 17.2. The van der Waals surface area contributed by atoms with Crippen LogP contribution in [0.2, 0.25) is 0 Å². The van der Waals surface area contributed by atoms with Crippen LogP contribution in [0.15, 0.2) is 23.8 Å². The lowest BCUT2D eigenvalue weighted by Crippen LogP contribution is -2.20. The molecule has 27 heavy (non-hydrogen) atoms. The van der Waals surface area contributed by atoms with Gasteiger partial charge < -0.3 is 15.1 Å². The molecule has 0 aromatic carbocycles. The minimum Gasteiger partial charge on any atom is -0.392 e. The van der Waals surface area contributed by atoms with Gasteiger partial charge in [0.1, 0.15) is 0 Å². The van der Waals surface area contributed by atoms with Crippen molar-refractivity contribution in [1.82, 2.24) is 4.90 Å². The lowest BCUT2D eigenvalue weighted by molar-refractivity contribution is -0.128. The summed E-state index contributed by atoms with van der Waals surface area (Å²) in [6, 6.07) is 0. The molecule has 0 aromatic rings. The summed E-state index contributed by atoms with van der Waals surface area (Å²) in [6.07, 6.45) is 10.2. The SMILES string of the molecule is CC#CC[C@@H](C)[C@H](O)C=C[C@@H]1[C@H]2CC(=CCCC(=O)N(C)C)C[C@H]2C[C@H]1O. The highest BCUT2D eigenvalue weighted by Gasteiger charge is 2.44. The minimum atomic E-state index is -0.523. The van der Waals surface area contributed by atoms with E-state index >= 15 is 0 Å². The Morgan fingerprint density at radius 2 is 2.11 bits per heavy atom. The van der Waals surface area contributed by atoms with Gasteiger partial charge >= 0.3 is 0 Å². The van der Waals surface area contributed by atoms with Crippen LogP contribution in [-0.2, 0) is 4.79 Å². The van der Waals surface area contributed by atoms with E-state index < -0.39 is 6.10 Å². The van der Waals surface area contributed by atoms with Crippen molar-refractivity contribution in [1.29, 1.82) is 0 Å². The number of rotatable bonds is 7. The first-order chi connectivity index (χ1) is 12.8. The number of aliphatic hydroxyl groups excluding tert-OH is 2. The van der Waals surface area contributed by atoms with Gasteiger partial charge in [0.2, 0.25) is 5.91 Å². The first-order valence-corrected chi connectivity index (χ1v) is 10.2. The second-order valence-corrected chi connectivity index (χ2v) is 8.39. The van der Waals surface area contributed by atoms with Crippen molar-refractivity contribution in [3.05, 3.63) is 23.8 Å². The lowest BCUT2D eigenvalue weighted by atomic mass is 9.89. The molecule has 150 valence electrons. The standard InChI is InChI=1S/C23H35NO3/c1-5-6-8-16(2)21(25)12-11-19-20-14-17(13-18(20)15-22(19)26)9-7-10-23(27)24(3)4/h9,11-12,16,18-22,25-26H,7-8,10,13-15H2,1-4H3/t16-,18+,19-,20+,21-,22-/m1/s1. The van der Waals surface area contributed by atoms with Crippen molar-refractivity contribution >= 4 is 5.91 Å². The number of amides is 1. The average Bonchev–Trinajstić information content (AvgIpc) is 3.13. The first kappa shape index (κ1) is 21.7. The van der Waals surface area contributed by atoms with Crippen LogP contribution in [0.25, 0.3) is 0 Å². The summed E-state index contributed by atoms with van der Waals surface area (Å²) < 4.78 is 0. The summed E-state index contributed by atoms with van der Waals surface area (Å²) >= 11 is 0. The molecule has 0 aromatic heterocycles. The quantitative estimate of drug-likeness (QED) is 0.532. The molecule has 2 aliphatic carbocycles. The van der Waals surface area contributed by atoms with E-state index in [9.17, 15) is 15.0 Å². The number of carbonyl (C=O) groups excluding carboxylic acids is 1. The van der Waals surface area contributed by atoms with Crippen LogP contribution in [-0.4, -0.2) is 47.3 Å². The Kier molecular flexibility index (Phi) is 8.13. The molecule has 0 heterocycles. The predicted molar refractivity (Wildman–Crippen MR) is 109 cm³/mol. The highest BCUT2D eigenvalue weighted by molar-refractivity contribution is 5.75. The lowest BCUT2D eigenvalue weighted by Gasteiger charge is -2.19. The van der Waals surface area contributed by atoms with E-state index in [-0.39, 0.29) is 23.8 Å². The molecule has 2 fully saturated rings. The monoisotopic (exact) mass is 373 g/mol. The van der Waals surface area contributed by atoms with E-state index in [0.29, 0.717) is 24.7 Å². The van der Waals surface area contributed by atoms with Gasteiger partial charge in [-0.3, -0.25) is 4.79 Å². The van der Waals surface area contributed by atoms with Crippen molar-refractivity contribution < 1.29 is 15.0 Å². The van der Waals surface area contributed by atoms with Crippen molar-refractivity contribution in [3.8, 4) is 11.8 Å². The molecule has 0 unspecified atom stereocenters. The summed E-state index contributed by atoms with van der Waals surface area (Å²) in [5.74, 6) is 7.22. The Labute approximate surface area is 164 Å². The first-order valence-electron chi connectivity index (χ1n) is 10.2. The fourth-order valence-corrected chi connectivity index (χ4v) is 4.38. The predicted octanol–water partition coefficient (Wildman–Crippen LogP) is 3.15. The normalized spacial score (nSPS) is 30.8. The summed E-state index contributed by atoms with van der Waals surface area (Å²) in [5, 5.41) is 20.8. The number of hydrogen-bond acceptors (Lipinski definition) is 3. The van der Waals surface area contributed by atoms with Gasteiger partial charge in [0, 0.05) is 32.9 Å². The largest absolute Gasteiger partial charge is 0.392 e. The molecular weight excluding hydrogens is 338 g/mol. The summed E-state index contributed by atoms with van der Waals surface area (Å²) in [5.41, 5.74) is 1.42. The van der Waals surface area contributed by atoms with Crippen LogP contribution in [0, 0.1) is 35.5 Å². The fourth-order valence-electron chi connectivity index (χ4n) is 4.38. The van der Waals surface area contributed by atoms with Gasteiger partial charge in [0.05, 0.1) is 12.2 Å². The Morgan fingerprint density at radius 1 is 1.37 bits per heavy atom. The summed E-state index contributed by atoms with van der Waals surface area (Å²) in [7, 11) is 3.58. The maximum absolute atomic E-state index is 11.7. The molecule has 2 aliphatic rings. The number of aliphatic hydroxyl groups is 2. The molecule has 2 saturated carbocycles. The van der Waals surface area contributed by atoms with E-state index in [2.05, 4.69) is 17.9 Å². The Balaban J connectivity index is 1.91. The van der Waals surface area contributed by atoms with E-state index in [1.54, 1.807) is 19.0 Å². The molecule has 0 radical (unpaired) electrons. The molecule has 0 bridgehead atoms. The van der Waals surface area contributed by atoms with E-state index in [1.807, 2.05) is 26.0 Å². The van der Waals surface area contributed by atoms with Gasteiger partial charge in [-0.1, -0.05) is 30.7 Å². The van der Waals surface area contributed by atoms with Crippen LogP contribution < -0.4 is 0 Å². The van der Waals surface area contributed by atoms with Crippen molar-refractivity contribution in [3.63, 3.8) is 0 Å². The molecule has 0 spiro atoms. The van der Waals surface area contributed by atoms with Gasteiger partial charge in [-0.25, -0.2) is 0 Å². The number of fused-ring (bicyclic) bond motifs is 1. The molecule has 2 N–H and O–H groups in total.